The first-order chi connectivity index (χ1) is 47.7. The molecule has 7 aliphatic heterocycles. The van der Waals surface area contributed by atoms with E-state index < -0.39 is 237 Å². The summed E-state index contributed by atoms with van der Waals surface area (Å²) in [6.45, 7) is 5.66. The topological polar surface area (TPSA) is 530 Å². The quantitative estimate of drug-likeness (QED) is 0.0764. The van der Waals surface area contributed by atoms with Crippen molar-refractivity contribution in [3.63, 3.8) is 0 Å². The maximum atomic E-state index is 16.0. The lowest BCUT2D eigenvalue weighted by Gasteiger charge is -2.47. The summed E-state index contributed by atoms with van der Waals surface area (Å²) in [5.74, 6) is -16.0. The maximum Gasteiger partial charge on any atom is 0.330 e. The number of carboxylic acids is 1. The second-order valence-corrected chi connectivity index (χ2v) is 26.5. The zero-order chi connectivity index (χ0) is 73.5. The Bertz CT molecular complexity index is 4080. The Balaban J connectivity index is 0.0000121. The van der Waals surface area contributed by atoms with Crippen LogP contribution in [0.15, 0.2) is 78.9 Å². The van der Waals surface area contributed by atoms with Crippen LogP contribution in [0.2, 0.25) is 10.0 Å². The number of carbonyl (C=O) groups excluding carboxylic acids is 7. The number of benzene rings is 5. The number of hydrogen-bond donors (Lipinski definition) is 19. The van der Waals surface area contributed by atoms with Gasteiger partial charge in [-0.15, -0.1) is 12.4 Å². The van der Waals surface area contributed by atoms with E-state index in [1.54, 1.807) is 0 Å². The van der Waals surface area contributed by atoms with E-state index in [0.717, 1.165) is 66.7 Å². The lowest BCUT2D eigenvalue weighted by molar-refractivity contribution is -0.333. The summed E-state index contributed by atoms with van der Waals surface area (Å²) in [6, 6.07) is -0.679. The first kappa shape index (κ1) is 77.3. The molecule has 7 amide bonds. The largest absolute Gasteiger partial charge is 0.508 e. The van der Waals surface area contributed by atoms with Crippen LogP contribution in [0.4, 0.5) is 0 Å². The highest BCUT2D eigenvalue weighted by Gasteiger charge is 2.51. The number of carbonyl (C=O) groups is 8. The highest BCUT2D eigenvalue weighted by Crippen LogP contribution is 2.50. The Kier molecular flexibility index (Phi) is 23.8. The van der Waals surface area contributed by atoms with Crippen molar-refractivity contribution in [1.82, 2.24) is 37.2 Å². The van der Waals surface area contributed by atoms with Gasteiger partial charge in [0, 0.05) is 34.7 Å². The molecule has 2 saturated heterocycles. The molecule has 2 fully saturated rings. The summed E-state index contributed by atoms with van der Waals surface area (Å²) in [5.41, 5.74) is 8.00. The third-order valence-electron chi connectivity index (χ3n) is 17.8. The number of hydrogen-bond acceptors (Lipinski definition) is 25. The van der Waals surface area contributed by atoms with E-state index in [-0.39, 0.29) is 58.6 Å². The second-order valence-electron chi connectivity index (χ2n) is 25.7. The van der Waals surface area contributed by atoms with Gasteiger partial charge in [-0.25, -0.2) is 4.79 Å². The van der Waals surface area contributed by atoms with Crippen LogP contribution < -0.4 is 62.9 Å². The molecule has 7 aliphatic rings. The van der Waals surface area contributed by atoms with Gasteiger partial charge >= 0.3 is 5.97 Å². The molecule has 11 bridgehead atoms. The minimum Gasteiger partial charge on any atom is -0.508 e. The maximum absolute atomic E-state index is 16.0. The number of phenolic OH excluding ortho intramolecular Hbond substituents is 3. The average Bonchev–Trinajstić information content (AvgIpc) is 0.773. The number of likely N-dealkylation sites (N-methyl/N-ethyl adjacent to an activating group) is 1. The normalized spacial score (nSPS) is 29.1. The highest BCUT2D eigenvalue weighted by molar-refractivity contribution is 6.32. The second kappa shape index (κ2) is 31.4. The molecule has 18 atom stereocenters. The smallest absolute Gasteiger partial charge is 0.330 e. The van der Waals surface area contributed by atoms with Gasteiger partial charge in [-0.1, -0.05) is 55.2 Å². The third-order valence-corrected chi connectivity index (χ3v) is 18.4. The van der Waals surface area contributed by atoms with Gasteiger partial charge in [0.15, 0.2) is 29.9 Å². The highest BCUT2D eigenvalue weighted by atomic mass is 35.5. The van der Waals surface area contributed by atoms with Gasteiger partial charge in [-0.2, -0.15) is 0 Å². The van der Waals surface area contributed by atoms with E-state index in [4.69, 9.17) is 63.1 Å². The number of primary amides is 1. The first-order valence-corrected chi connectivity index (χ1v) is 32.4. The van der Waals surface area contributed by atoms with E-state index in [1.165, 1.54) is 33.0 Å². The zero-order valence-electron chi connectivity index (χ0n) is 54.7. The molecule has 0 saturated carbocycles. The van der Waals surface area contributed by atoms with Crippen molar-refractivity contribution < 1.29 is 118 Å². The average molecular weight is 1490 g/mol. The molecule has 102 heavy (non-hydrogen) atoms. The number of ether oxygens (including phenoxy) is 6. The summed E-state index contributed by atoms with van der Waals surface area (Å²) < 4.78 is 38.3. The fourth-order valence-electron chi connectivity index (χ4n) is 12.5. The first-order valence-electron chi connectivity index (χ1n) is 31.6. The summed E-state index contributed by atoms with van der Waals surface area (Å²) in [7, 11) is 1.47. The number of halogens is 3. The van der Waals surface area contributed by atoms with E-state index in [2.05, 4.69) is 37.2 Å². The molecule has 7 heterocycles. The van der Waals surface area contributed by atoms with Crippen LogP contribution in [0.25, 0.3) is 11.1 Å². The molecule has 21 N–H and O–H groups in total. The molecule has 550 valence electrons. The predicted octanol–water partition coefficient (Wildman–Crippen LogP) is 0.528. The number of aromatic hydroxyl groups is 3. The lowest BCUT2D eigenvalue weighted by Crippen LogP contribution is -2.64. The van der Waals surface area contributed by atoms with E-state index >= 15 is 14.4 Å². The van der Waals surface area contributed by atoms with Crippen molar-refractivity contribution in [2.24, 2.45) is 17.4 Å². The van der Waals surface area contributed by atoms with Crippen LogP contribution in [0, 0.1) is 5.92 Å². The Morgan fingerprint density at radius 2 is 1.31 bits per heavy atom. The minimum absolute atomic E-state index is 0. The van der Waals surface area contributed by atoms with Gasteiger partial charge in [0.2, 0.25) is 53.4 Å². The third kappa shape index (κ3) is 16.3. The van der Waals surface area contributed by atoms with Crippen molar-refractivity contribution in [3.05, 3.63) is 117 Å². The van der Waals surface area contributed by atoms with Gasteiger partial charge in [-0.05, 0) is 110 Å². The number of fused-ring (bicyclic) bond motifs is 15. The van der Waals surface area contributed by atoms with Crippen molar-refractivity contribution >= 4 is 82.9 Å². The predicted molar refractivity (Wildman–Crippen MR) is 357 cm³/mol. The molecule has 12 rings (SSSR count). The Labute approximate surface area is 596 Å². The van der Waals surface area contributed by atoms with Crippen molar-refractivity contribution in [2.75, 3.05) is 13.7 Å². The van der Waals surface area contributed by atoms with Crippen molar-refractivity contribution in [1.29, 1.82) is 0 Å². The fourth-order valence-corrected chi connectivity index (χ4v) is 12.9. The van der Waals surface area contributed by atoms with Crippen LogP contribution in [0.5, 0.6) is 46.0 Å². The fraction of sp³-hybridized carbons (Fsp3) is 0.424. The SMILES string of the molecule is CNC(CC(C)C)C(=O)NC1C(=O)N[C@@H](CC(N)=O)C(=O)NC2C(=O)NC3C(=O)N[C@H](C(=O)N[C@@H](C(=O)O)c4cc(O)cc(O)c4-c4cc3ccc4O)[C@H](O)c3ccc(c(Cl)c3)Oc3cc2cc(c3O[C@@H]2OC(CO)C(O)[C@@H](O)[C@@H]2O[C@H]2CC(C)(N)C(O)[C@@H](C)O2)Oc2ccc(cc2Cl)[C@H]1O.Cl. The molecule has 5 aromatic carbocycles. The van der Waals surface area contributed by atoms with Gasteiger partial charge in [0.05, 0.1) is 41.3 Å². The molecule has 0 aromatic heterocycles. The number of nitrogens with two attached hydrogens (primary N) is 2. The number of nitrogens with one attached hydrogen (secondary N) is 7. The standard InChI is InChI=1S/C66H75Cl2N9O24.ClH/c1-23(2)12-34(71-5)58(88)76-49-51(83)26-7-10-38(32(67)14-26)97-40-16-28-17-41(55(40)101-65-56(54(86)53(85)42(22-78)99-65)100-44-21-66(4,70)57(87)24(3)96-44)98-39-11-8-27(15-33(39)68)52(84)50-63(93)75-48(64(94)95)31-18-29(79)19-37(81)45(31)30-13-25(6-9-36(30)80)46(60(90)77-50)74-61(91)47(28)73-59(89)35(20-43(69)82)72-62(49)92;/h6-11,13-19,23-24,34-35,42,44,46-54,56-57,65,71,78-81,83-87H,12,20-22,70H2,1-5H3,(H2,69,82)(H,72,92)(H,73,89)(H,74,91)(H,75,93)(H,76,88)(H,77,90)(H,94,95);1H/t24-,34?,35+,42?,44+,46?,47?,48-,49?,50+,51-,52-,53?,54-,56+,57?,65+,66?;/m1./s1. The Hall–Kier alpha value is -8.91. The Morgan fingerprint density at radius 3 is 1.89 bits per heavy atom. The van der Waals surface area contributed by atoms with Gasteiger partial charge in [0.25, 0.3) is 0 Å². The Morgan fingerprint density at radius 1 is 0.716 bits per heavy atom. The van der Waals surface area contributed by atoms with Crippen LogP contribution in [-0.4, -0.2) is 191 Å². The molecule has 33 nitrogen and oxygen atoms in total. The van der Waals surface area contributed by atoms with Crippen LogP contribution >= 0.6 is 35.6 Å². The van der Waals surface area contributed by atoms with Crippen LogP contribution in [0.1, 0.15) is 105 Å². The summed E-state index contributed by atoms with van der Waals surface area (Å²) in [5, 5.41) is 131. The summed E-state index contributed by atoms with van der Waals surface area (Å²) >= 11 is 14.1. The van der Waals surface area contributed by atoms with E-state index in [0.29, 0.717) is 0 Å². The minimum atomic E-state index is -2.35. The molecular weight excluding hydrogens is 1410 g/mol. The molecule has 36 heteroatoms. The lowest BCUT2D eigenvalue weighted by atomic mass is 9.86. The molecule has 0 aliphatic carbocycles. The molecule has 8 unspecified atom stereocenters. The number of phenols is 3. The van der Waals surface area contributed by atoms with Gasteiger partial charge in [0.1, 0.15) is 89.5 Å². The number of carboxylic acid groups (broad SMARTS) is 1. The number of aliphatic carboxylic acids is 1. The molecule has 0 spiro atoms. The van der Waals surface area contributed by atoms with Crippen molar-refractivity contribution in [2.45, 2.75) is 156 Å². The van der Waals surface area contributed by atoms with E-state index in [9.17, 15) is 75.0 Å². The van der Waals surface area contributed by atoms with Crippen LogP contribution in [0.3, 0.4) is 0 Å². The molecule has 5 aromatic rings. The van der Waals surface area contributed by atoms with Gasteiger partial charge < -0.3 is 128 Å². The monoisotopic (exact) mass is 1480 g/mol. The number of rotatable bonds is 13. The number of amides is 7. The molecular formula is C66H76Cl3N9O24. The number of aliphatic hydroxyl groups is 6. The molecule has 0 radical (unpaired) electrons. The number of aliphatic hydroxyl groups excluding tert-OH is 6. The summed E-state index contributed by atoms with van der Waals surface area (Å²) in [4.78, 5) is 117. The van der Waals surface area contributed by atoms with Crippen LogP contribution in [-0.2, 0) is 52.6 Å². The zero-order valence-corrected chi connectivity index (χ0v) is 57.1. The van der Waals surface area contributed by atoms with Crippen molar-refractivity contribution in [3.8, 4) is 57.1 Å². The van der Waals surface area contributed by atoms with Gasteiger partial charge in [-0.3, -0.25) is 33.6 Å². The van der Waals surface area contributed by atoms with E-state index in [1.807, 2.05) is 13.8 Å². The summed E-state index contributed by atoms with van der Waals surface area (Å²) in [6.07, 6.45) is -18.6.